The lowest BCUT2D eigenvalue weighted by atomic mass is 10.0. The Balaban J connectivity index is 2.58. The molecule has 0 amide bonds. The number of ether oxygens (including phenoxy) is 1. The molecule has 30 heavy (non-hydrogen) atoms. The summed E-state index contributed by atoms with van der Waals surface area (Å²) in [6.45, 7) is 4.45. The van der Waals surface area contributed by atoms with Gasteiger partial charge in [-0.3, -0.25) is 14.9 Å². The van der Waals surface area contributed by atoms with Crippen LogP contribution in [-0.4, -0.2) is 41.9 Å². The van der Waals surface area contributed by atoms with Gasteiger partial charge in [-0.2, -0.15) is 4.31 Å². The zero-order valence-corrected chi connectivity index (χ0v) is 17.9. The Morgan fingerprint density at radius 2 is 1.80 bits per heavy atom. The number of aliphatic carboxylic acids is 1. The molecule has 0 heterocycles. The number of carbonyl (C=O) groups is 1. The molecule has 0 bridgehead atoms. The van der Waals surface area contributed by atoms with Crippen LogP contribution in [0.2, 0.25) is 0 Å². The van der Waals surface area contributed by atoms with E-state index in [2.05, 4.69) is 0 Å². The third-order valence-electron chi connectivity index (χ3n) is 4.67. The summed E-state index contributed by atoms with van der Waals surface area (Å²) in [6, 6.07) is 8.56. The van der Waals surface area contributed by atoms with Gasteiger partial charge in [0.1, 0.15) is 11.8 Å². The summed E-state index contributed by atoms with van der Waals surface area (Å²) in [5.41, 5.74) is 0.578. The van der Waals surface area contributed by atoms with Crippen LogP contribution in [0.4, 0.5) is 5.69 Å². The van der Waals surface area contributed by atoms with Gasteiger partial charge in [-0.15, -0.1) is 0 Å². The van der Waals surface area contributed by atoms with Crippen LogP contribution < -0.4 is 4.74 Å². The van der Waals surface area contributed by atoms with E-state index in [0.717, 1.165) is 4.31 Å². The van der Waals surface area contributed by atoms with E-state index in [-0.39, 0.29) is 17.1 Å². The second-order valence-corrected chi connectivity index (χ2v) is 9.02. The van der Waals surface area contributed by atoms with Gasteiger partial charge in [0.25, 0.3) is 5.69 Å². The molecule has 0 aliphatic rings. The quantitative estimate of drug-likeness (QED) is 0.472. The summed E-state index contributed by atoms with van der Waals surface area (Å²) < 4.78 is 32.6. The van der Waals surface area contributed by atoms with Crippen molar-refractivity contribution in [3.8, 4) is 5.75 Å². The van der Waals surface area contributed by atoms with Crippen molar-refractivity contribution in [1.29, 1.82) is 0 Å². The number of nitro groups is 1. The Morgan fingerprint density at radius 3 is 2.27 bits per heavy atom. The number of nitro benzene ring substituents is 1. The van der Waals surface area contributed by atoms with E-state index in [4.69, 9.17) is 4.74 Å². The van der Waals surface area contributed by atoms with Crippen LogP contribution in [-0.2, 0) is 21.4 Å². The number of hydrogen-bond donors (Lipinski definition) is 1. The highest BCUT2D eigenvalue weighted by molar-refractivity contribution is 7.89. The summed E-state index contributed by atoms with van der Waals surface area (Å²) in [7, 11) is -2.79. The van der Waals surface area contributed by atoms with Crippen LogP contribution in [0.15, 0.2) is 47.4 Å². The number of carboxylic acids is 1. The summed E-state index contributed by atoms with van der Waals surface area (Å²) >= 11 is 0. The van der Waals surface area contributed by atoms with Gasteiger partial charge in [-0.05, 0) is 42.7 Å². The fourth-order valence-electron chi connectivity index (χ4n) is 3.09. The van der Waals surface area contributed by atoms with Crippen molar-refractivity contribution in [1.82, 2.24) is 4.31 Å². The van der Waals surface area contributed by atoms with Crippen LogP contribution in [0.5, 0.6) is 5.75 Å². The van der Waals surface area contributed by atoms with Crippen LogP contribution in [0, 0.1) is 23.0 Å². The summed E-state index contributed by atoms with van der Waals surface area (Å²) in [5.74, 6) is -1.40. The smallest absolute Gasteiger partial charge is 0.322 e. The lowest BCUT2D eigenvalue weighted by Gasteiger charge is -2.30. The molecule has 1 atom stereocenters. The van der Waals surface area contributed by atoms with Gasteiger partial charge in [0.15, 0.2) is 0 Å². The number of sulfonamides is 1. The first kappa shape index (κ1) is 23.3. The largest absolute Gasteiger partial charge is 0.497 e. The number of carboxylic acid groups (broad SMARTS) is 1. The molecule has 1 N–H and O–H groups in total. The van der Waals surface area contributed by atoms with E-state index in [0.29, 0.717) is 16.9 Å². The van der Waals surface area contributed by atoms with Crippen molar-refractivity contribution in [2.24, 2.45) is 5.92 Å². The third-order valence-corrected chi connectivity index (χ3v) is 6.51. The molecule has 0 saturated carbocycles. The zero-order valence-electron chi connectivity index (χ0n) is 17.1. The number of methoxy groups -OCH3 is 1. The van der Waals surface area contributed by atoms with E-state index in [9.17, 15) is 28.4 Å². The van der Waals surface area contributed by atoms with Crippen LogP contribution in [0.1, 0.15) is 25.0 Å². The molecule has 0 spiro atoms. The van der Waals surface area contributed by atoms with Crippen molar-refractivity contribution in [3.05, 3.63) is 63.7 Å². The van der Waals surface area contributed by atoms with Crippen molar-refractivity contribution >= 4 is 21.7 Å². The maximum atomic E-state index is 13.4. The van der Waals surface area contributed by atoms with Crippen LogP contribution in [0.3, 0.4) is 0 Å². The molecule has 2 aromatic rings. The van der Waals surface area contributed by atoms with Gasteiger partial charge in [-0.25, -0.2) is 8.42 Å². The average Bonchev–Trinajstić information content (AvgIpc) is 2.68. The van der Waals surface area contributed by atoms with Gasteiger partial charge in [0.05, 0.1) is 16.9 Å². The van der Waals surface area contributed by atoms with Crippen LogP contribution >= 0.6 is 0 Å². The van der Waals surface area contributed by atoms with Gasteiger partial charge >= 0.3 is 5.97 Å². The van der Waals surface area contributed by atoms with Gasteiger partial charge in [0, 0.05) is 18.2 Å². The van der Waals surface area contributed by atoms with E-state index < -0.39 is 32.9 Å². The highest BCUT2D eigenvalue weighted by Crippen LogP contribution is 2.28. The monoisotopic (exact) mass is 436 g/mol. The second-order valence-electron chi connectivity index (χ2n) is 7.13. The minimum Gasteiger partial charge on any atom is -0.497 e. The van der Waals surface area contributed by atoms with Crippen molar-refractivity contribution < 1.29 is 28.0 Å². The van der Waals surface area contributed by atoms with Gasteiger partial charge < -0.3 is 9.84 Å². The molecule has 0 fully saturated rings. The van der Waals surface area contributed by atoms with E-state index in [1.165, 1.54) is 43.5 Å². The third kappa shape index (κ3) is 4.95. The number of aryl methyl sites for hydroxylation is 1. The average molecular weight is 436 g/mol. The first-order valence-corrected chi connectivity index (χ1v) is 10.6. The van der Waals surface area contributed by atoms with E-state index in [1.54, 1.807) is 26.8 Å². The Labute approximate surface area is 175 Å². The molecule has 1 unspecified atom stereocenters. The first-order valence-electron chi connectivity index (χ1n) is 9.11. The molecule has 0 aliphatic carbocycles. The predicted molar refractivity (Wildman–Crippen MR) is 110 cm³/mol. The highest BCUT2D eigenvalue weighted by Gasteiger charge is 2.38. The van der Waals surface area contributed by atoms with Crippen molar-refractivity contribution in [3.63, 3.8) is 0 Å². The first-order chi connectivity index (χ1) is 14.0. The molecular formula is C20H24N2O7S. The Bertz CT molecular complexity index is 1030. The summed E-state index contributed by atoms with van der Waals surface area (Å²) in [6.07, 6.45) is 0. The molecule has 9 nitrogen and oxygen atoms in total. The van der Waals surface area contributed by atoms with Gasteiger partial charge in [0.2, 0.25) is 10.0 Å². The van der Waals surface area contributed by atoms with Gasteiger partial charge in [-0.1, -0.05) is 26.0 Å². The zero-order chi connectivity index (χ0) is 22.6. The predicted octanol–water partition coefficient (Wildman–Crippen LogP) is 3.21. The number of nitrogens with zero attached hydrogens (tertiary/aromatic N) is 2. The molecule has 2 aromatic carbocycles. The molecule has 162 valence electrons. The molecule has 0 aromatic heterocycles. The Kier molecular flexibility index (Phi) is 7.16. The van der Waals surface area contributed by atoms with Crippen LogP contribution in [0.25, 0.3) is 0 Å². The SMILES string of the molecule is COc1ccc(S(=O)(=O)N(Cc2ccc(C)c([N+](=O)[O-])c2)C(C(=O)O)C(C)C)cc1. The molecule has 0 radical (unpaired) electrons. The normalized spacial score (nSPS) is 12.7. The lowest BCUT2D eigenvalue weighted by Crippen LogP contribution is -2.47. The molecule has 0 aliphatic heterocycles. The summed E-state index contributed by atoms with van der Waals surface area (Å²) in [5, 5.41) is 21.0. The standard InChI is InChI=1S/C20H24N2O7S/c1-13(2)19(20(23)24)21(12-15-6-5-14(3)18(11-15)22(25)26)30(27,28)17-9-7-16(29-4)8-10-17/h5-11,13,19H,12H2,1-4H3,(H,23,24). The Hall–Kier alpha value is -2.98. The number of benzene rings is 2. The fraction of sp³-hybridized carbons (Fsp3) is 0.350. The van der Waals surface area contributed by atoms with Crippen molar-refractivity contribution in [2.75, 3.05) is 7.11 Å². The van der Waals surface area contributed by atoms with E-state index in [1.807, 2.05) is 0 Å². The fourth-order valence-corrected chi connectivity index (χ4v) is 4.79. The molecule has 2 rings (SSSR count). The number of rotatable bonds is 9. The summed E-state index contributed by atoms with van der Waals surface area (Å²) in [4.78, 5) is 22.5. The highest BCUT2D eigenvalue weighted by atomic mass is 32.2. The number of hydrogen-bond acceptors (Lipinski definition) is 6. The maximum absolute atomic E-state index is 13.4. The molecule has 10 heteroatoms. The van der Waals surface area contributed by atoms with Crippen molar-refractivity contribution in [2.45, 2.75) is 38.3 Å². The lowest BCUT2D eigenvalue weighted by molar-refractivity contribution is -0.385. The second kappa shape index (κ2) is 9.23. The minimum absolute atomic E-state index is 0.100. The molecular weight excluding hydrogens is 412 g/mol. The van der Waals surface area contributed by atoms with E-state index >= 15 is 0 Å². The Morgan fingerprint density at radius 1 is 1.20 bits per heavy atom. The topological polar surface area (TPSA) is 127 Å². The minimum atomic E-state index is -4.23. The maximum Gasteiger partial charge on any atom is 0.322 e. The molecule has 0 saturated heterocycles.